The van der Waals surface area contributed by atoms with E-state index in [9.17, 15) is 9.59 Å². The second-order valence-electron chi connectivity index (χ2n) is 17.2. The van der Waals surface area contributed by atoms with Crippen LogP contribution < -0.4 is 21.8 Å². The zero-order chi connectivity index (χ0) is 46.5. The van der Waals surface area contributed by atoms with Crippen molar-refractivity contribution in [3.63, 3.8) is 0 Å². The molecule has 342 valence electrons. The predicted molar refractivity (Wildman–Crippen MR) is 260 cm³/mol. The van der Waals surface area contributed by atoms with Crippen LogP contribution in [-0.2, 0) is 26.2 Å². The van der Waals surface area contributed by atoms with Crippen molar-refractivity contribution < 1.29 is 16.3 Å². The summed E-state index contributed by atoms with van der Waals surface area (Å²) in [6.45, 7) is 8.75. The molecule has 7 heterocycles. The third kappa shape index (κ3) is 10.3. The van der Waals surface area contributed by atoms with Crippen molar-refractivity contribution in [3.05, 3.63) is 177 Å². The maximum atomic E-state index is 12.3. The van der Waals surface area contributed by atoms with Crippen molar-refractivity contribution in [3.8, 4) is 67.9 Å². The first-order chi connectivity index (χ1) is 32.5. The van der Waals surface area contributed by atoms with Crippen molar-refractivity contribution >= 4 is 0 Å². The van der Waals surface area contributed by atoms with Crippen LogP contribution in [0.4, 0.5) is 0 Å². The summed E-state index contributed by atoms with van der Waals surface area (Å²) >= 11 is 0. The summed E-state index contributed by atoms with van der Waals surface area (Å²) in [6.07, 6.45) is 12.6. The number of aryl methyl sites for hydroxylation is 2. The molecule has 0 unspecified atom stereocenters. The van der Waals surface area contributed by atoms with Crippen LogP contribution in [0, 0.1) is 19.3 Å². The van der Waals surface area contributed by atoms with E-state index < -0.39 is 0 Å². The van der Waals surface area contributed by atoms with Gasteiger partial charge in [-0.05, 0) is 75.5 Å². The van der Waals surface area contributed by atoms with E-state index in [-0.39, 0.29) is 19.4 Å². The van der Waals surface area contributed by atoms with Gasteiger partial charge in [0.25, 0.3) is 11.1 Å². The van der Waals surface area contributed by atoms with Gasteiger partial charge in [-0.15, -0.1) is 0 Å². The summed E-state index contributed by atoms with van der Waals surface area (Å²) in [7, 11) is 3.85. The zero-order valence-corrected chi connectivity index (χ0v) is 38.0. The number of nitrogens with one attached hydrogen (secondary N) is 2. The molecule has 2 aromatic carbocycles. The summed E-state index contributed by atoms with van der Waals surface area (Å²) in [4.78, 5) is 43.3. The topological polar surface area (TPSA) is 185 Å². The second kappa shape index (κ2) is 19.3. The monoisotopic (exact) mass is 898 g/mol. The summed E-state index contributed by atoms with van der Waals surface area (Å²) in [6, 6.07) is 28.6. The molecule has 0 aliphatic heterocycles. The van der Waals surface area contributed by atoms with Gasteiger partial charge in [0.15, 0.2) is 11.5 Å². The standard InChI is InChI=1S/C26H23N5O3.C26H27N5O2.2H2/c1-17-26(24-11-22(30-34-24)20-5-3-18(4-6-20)12-27-2)29-23(13-28-17)21-7-8-25(32)31(15-21)14-19-9-10-33-16-19;1-17-25(23-12-21(30-33-23)19-6-4-18(5-7-19)13-27-3)29-22(14-28-17)20-8-9-24(32)31(15-20)16-26(2)10-11-26;;/h3-11,13,15-16,27H,12,14H2,1-2H3;4-9,12,14-15,27H,10-11,13,16H2,1-3H3;2*1H. The normalized spacial score (nSPS) is 12.7. The molecule has 0 amide bonds. The van der Waals surface area contributed by atoms with E-state index in [1.165, 1.54) is 17.2 Å². The molecular formula is C52H54N10O5. The lowest BCUT2D eigenvalue weighted by Gasteiger charge is -2.12. The van der Waals surface area contributed by atoms with E-state index in [4.69, 9.17) is 23.4 Å². The van der Waals surface area contributed by atoms with Crippen LogP contribution in [0.25, 0.3) is 67.9 Å². The first kappa shape index (κ1) is 44.3. The zero-order valence-electron chi connectivity index (χ0n) is 38.0. The molecule has 1 saturated carbocycles. The molecule has 9 aromatic rings. The summed E-state index contributed by atoms with van der Waals surface area (Å²) < 4.78 is 19.8. The molecule has 0 atom stereocenters. The average molecular weight is 899 g/mol. The third-order valence-electron chi connectivity index (χ3n) is 11.8. The lowest BCUT2D eigenvalue weighted by molar-refractivity contribution is 0.433. The van der Waals surface area contributed by atoms with Gasteiger partial charge in [-0.1, -0.05) is 65.8 Å². The predicted octanol–water partition coefficient (Wildman–Crippen LogP) is 9.24. The van der Waals surface area contributed by atoms with E-state index in [0.29, 0.717) is 40.8 Å². The molecule has 1 aliphatic carbocycles. The Hall–Kier alpha value is -7.88. The maximum Gasteiger partial charge on any atom is 0.250 e. The van der Waals surface area contributed by atoms with E-state index in [1.54, 1.807) is 58.5 Å². The minimum absolute atomic E-state index is 0. The highest BCUT2D eigenvalue weighted by atomic mass is 16.5. The molecule has 7 aromatic heterocycles. The van der Waals surface area contributed by atoms with Crippen LogP contribution in [0.3, 0.4) is 0 Å². The molecular weight excluding hydrogens is 845 g/mol. The van der Waals surface area contributed by atoms with Crippen molar-refractivity contribution in [1.29, 1.82) is 0 Å². The van der Waals surface area contributed by atoms with Crippen molar-refractivity contribution in [2.75, 3.05) is 14.1 Å². The lowest BCUT2D eigenvalue weighted by atomic mass is 10.1. The molecule has 0 saturated heterocycles. The first-order valence-electron chi connectivity index (χ1n) is 22.1. The minimum atomic E-state index is -0.106. The van der Waals surface area contributed by atoms with Crippen molar-refractivity contribution in [2.45, 2.75) is 59.8 Å². The number of benzene rings is 2. The van der Waals surface area contributed by atoms with Crippen LogP contribution in [0.1, 0.15) is 50.7 Å². The Labute approximate surface area is 389 Å². The lowest BCUT2D eigenvalue weighted by Crippen LogP contribution is -2.22. The van der Waals surface area contributed by atoms with Gasteiger partial charge < -0.3 is 33.2 Å². The van der Waals surface area contributed by atoms with Crippen LogP contribution in [0.2, 0.25) is 0 Å². The highest BCUT2D eigenvalue weighted by Gasteiger charge is 2.37. The van der Waals surface area contributed by atoms with Crippen LogP contribution in [0.5, 0.6) is 0 Å². The molecule has 0 spiro atoms. The Morgan fingerprint density at radius 3 is 1.55 bits per heavy atom. The fraction of sp³-hybridized carbons (Fsp3) is 0.231. The van der Waals surface area contributed by atoms with E-state index in [0.717, 1.165) is 83.1 Å². The number of hydrogen-bond acceptors (Lipinski definition) is 13. The van der Waals surface area contributed by atoms with E-state index in [1.807, 2.05) is 76.6 Å². The van der Waals surface area contributed by atoms with Gasteiger partial charge >= 0.3 is 0 Å². The Bertz CT molecular complexity index is 3270. The van der Waals surface area contributed by atoms with Gasteiger partial charge in [0.05, 0.1) is 54.2 Å². The Morgan fingerprint density at radius 2 is 1.09 bits per heavy atom. The number of pyridine rings is 2. The Morgan fingerprint density at radius 1 is 0.612 bits per heavy atom. The quantitative estimate of drug-likeness (QED) is 0.105. The number of rotatable bonds is 14. The molecule has 1 fully saturated rings. The Kier molecular flexibility index (Phi) is 12.8. The minimum Gasteiger partial charge on any atom is -0.472 e. The molecule has 2 N–H and O–H groups in total. The largest absolute Gasteiger partial charge is 0.472 e. The molecule has 15 nitrogen and oxygen atoms in total. The van der Waals surface area contributed by atoms with Crippen molar-refractivity contribution in [1.82, 2.24) is 50.0 Å². The van der Waals surface area contributed by atoms with Gasteiger partial charge in [-0.3, -0.25) is 19.6 Å². The van der Waals surface area contributed by atoms with E-state index >= 15 is 0 Å². The highest BCUT2D eigenvalue weighted by molar-refractivity contribution is 5.70. The molecule has 0 bridgehead atoms. The molecule has 10 rings (SSSR count). The van der Waals surface area contributed by atoms with Gasteiger partial charge in [-0.2, -0.15) is 0 Å². The number of nitrogens with zero attached hydrogens (tertiary/aromatic N) is 8. The molecule has 15 heteroatoms. The third-order valence-corrected chi connectivity index (χ3v) is 11.8. The summed E-state index contributed by atoms with van der Waals surface area (Å²) in [5.41, 5.74) is 12.5. The average Bonchev–Trinajstić information content (AvgIpc) is 3.81. The van der Waals surface area contributed by atoms with Gasteiger partial charge in [0.2, 0.25) is 0 Å². The summed E-state index contributed by atoms with van der Waals surface area (Å²) in [5, 5.41) is 14.8. The van der Waals surface area contributed by atoms with Crippen LogP contribution >= 0.6 is 0 Å². The Balaban J connectivity index is 0.000000198. The van der Waals surface area contributed by atoms with Gasteiger partial charge in [0, 0.05) is 87.0 Å². The van der Waals surface area contributed by atoms with Crippen LogP contribution in [0.15, 0.2) is 151 Å². The summed E-state index contributed by atoms with van der Waals surface area (Å²) in [5.74, 6) is 1.10. The van der Waals surface area contributed by atoms with Gasteiger partial charge in [0.1, 0.15) is 22.8 Å². The SMILES string of the molecule is CNCc1ccc(-c2cc(-c3nc(-c4ccc(=O)n(CC5(C)CC5)c4)cnc3C)on2)cc1.CNCc1ccc(-c2cc(-c3nc(-c4ccc(=O)n(Cc5ccoc5)c4)cnc3C)on2)cc1.[HH].[HH]. The highest BCUT2D eigenvalue weighted by Crippen LogP contribution is 2.46. The molecule has 0 radical (unpaired) electrons. The fourth-order valence-electron chi connectivity index (χ4n) is 7.66. The van der Waals surface area contributed by atoms with Gasteiger partial charge in [-0.25, -0.2) is 9.97 Å². The maximum absolute atomic E-state index is 12.3. The number of furan rings is 1. The van der Waals surface area contributed by atoms with Crippen molar-refractivity contribution in [2.24, 2.45) is 5.41 Å². The number of aromatic nitrogens is 8. The number of hydrogen-bond donors (Lipinski definition) is 2. The molecule has 67 heavy (non-hydrogen) atoms. The fourth-order valence-corrected chi connectivity index (χ4v) is 7.66. The smallest absolute Gasteiger partial charge is 0.250 e. The molecule has 1 aliphatic rings. The first-order valence-corrected chi connectivity index (χ1v) is 22.1. The van der Waals surface area contributed by atoms with E-state index in [2.05, 4.69) is 62.1 Å². The second-order valence-corrected chi connectivity index (χ2v) is 17.2. The van der Waals surface area contributed by atoms with Crippen LogP contribution in [-0.4, -0.2) is 53.5 Å².